The predicted octanol–water partition coefficient (Wildman–Crippen LogP) is 4.02. The van der Waals surface area contributed by atoms with Crippen molar-refractivity contribution in [2.75, 3.05) is 20.7 Å². The van der Waals surface area contributed by atoms with Gasteiger partial charge in [-0.15, -0.1) is 24.0 Å². The minimum Gasteiger partial charge on any atom is -0.493 e. The van der Waals surface area contributed by atoms with Crippen LogP contribution in [0.4, 0.5) is 8.78 Å². The number of guanidine groups is 1. The van der Waals surface area contributed by atoms with Crippen LogP contribution in [0.5, 0.6) is 11.5 Å². The molecule has 0 radical (unpaired) electrons. The lowest BCUT2D eigenvalue weighted by Crippen LogP contribution is -2.37. The number of halogens is 3. The molecule has 25 heavy (non-hydrogen) atoms. The molecule has 8 heteroatoms. The summed E-state index contributed by atoms with van der Waals surface area (Å²) in [6, 6.07) is 4.92. The molecule has 0 saturated carbocycles. The second-order valence-electron chi connectivity index (χ2n) is 5.75. The summed E-state index contributed by atoms with van der Waals surface area (Å²) in [6.07, 6.45) is 2.21. The van der Waals surface area contributed by atoms with Gasteiger partial charge in [-0.25, -0.2) is 0 Å². The van der Waals surface area contributed by atoms with Crippen LogP contribution in [0.3, 0.4) is 0 Å². The molecule has 0 aliphatic rings. The van der Waals surface area contributed by atoms with E-state index >= 15 is 0 Å². The van der Waals surface area contributed by atoms with Crippen LogP contribution in [0.1, 0.15) is 32.3 Å². The van der Waals surface area contributed by atoms with E-state index in [0.717, 1.165) is 24.9 Å². The molecule has 0 bridgehead atoms. The Kier molecular flexibility index (Phi) is 12.3. The molecule has 144 valence electrons. The molecule has 0 spiro atoms. The highest BCUT2D eigenvalue weighted by molar-refractivity contribution is 14.0. The summed E-state index contributed by atoms with van der Waals surface area (Å²) in [6.45, 7) is 2.76. The van der Waals surface area contributed by atoms with Crippen LogP contribution in [-0.2, 0) is 6.54 Å². The van der Waals surface area contributed by atoms with Crippen molar-refractivity contribution in [2.24, 2.45) is 10.9 Å². The van der Waals surface area contributed by atoms with Crippen molar-refractivity contribution >= 4 is 29.9 Å². The standard InChI is InChI=1S/C17H27F2N3O2.HI/c1-12(2)6-5-9-21-17(20-3)22-11-13-7-8-14(23-4)15(10-13)24-16(18)19;/h7-8,10,12,16H,5-6,9,11H2,1-4H3,(H2,20,21,22);1H. The number of methoxy groups -OCH3 is 1. The average molecular weight is 471 g/mol. The van der Waals surface area contributed by atoms with E-state index in [4.69, 9.17) is 4.74 Å². The molecule has 0 atom stereocenters. The van der Waals surface area contributed by atoms with Gasteiger partial charge in [0.1, 0.15) is 0 Å². The second-order valence-corrected chi connectivity index (χ2v) is 5.75. The zero-order valence-electron chi connectivity index (χ0n) is 15.1. The fourth-order valence-electron chi connectivity index (χ4n) is 2.14. The highest BCUT2D eigenvalue weighted by atomic mass is 127. The number of hydrogen-bond acceptors (Lipinski definition) is 3. The predicted molar refractivity (Wildman–Crippen MR) is 107 cm³/mol. The topological polar surface area (TPSA) is 54.9 Å². The Morgan fingerprint density at radius 2 is 1.92 bits per heavy atom. The highest BCUT2D eigenvalue weighted by Crippen LogP contribution is 2.29. The van der Waals surface area contributed by atoms with Crippen molar-refractivity contribution in [3.63, 3.8) is 0 Å². The zero-order valence-corrected chi connectivity index (χ0v) is 17.5. The number of hydrogen-bond donors (Lipinski definition) is 2. The van der Waals surface area contributed by atoms with Gasteiger partial charge in [-0.05, 0) is 36.5 Å². The van der Waals surface area contributed by atoms with Crippen molar-refractivity contribution < 1.29 is 18.3 Å². The first-order valence-electron chi connectivity index (χ1n) is 8.02. The lowest BCUT2D eigenvalue weighted by molar-refractivity contribution is -0.0512. The van der Waals surface area contributed by atoms with Crippen LogP contribution in [0, 0.1) is 5.92 Å². The number of rotatable bonds is 9. The van der Waals surface area contributed by atoms with Gasteiger partial charge in [0, 0.05) is 20.1 Å². The second kappa shape index (κ2) is 13.0. The minimum atomic E-state index is -2.89. The van der Waals surface area contributed by atoms with Crippen molar-refractivity contribution in [3.05, 3.63) is 23.8 Å². The van der Waals surface area contributed by atoms with Crippen molar-refractivity contribution in [1.82, 2.24) is 10.6 Å². The summed E-state index contributed by atoms with van der Waals surface area (Å²) < 4.78 is 34.4. The fraction of sp³-hybridized carbons (Fsp3) is 0.588. The summed E-state index contributed by atoms with van der Waals surface area (Å²) in [5.74, 6) is 1.64. The minimum absolute atomic E-state index is 0. The van der Waals surface area contributed by atoms with Gasteiger partial charge in [0.25, 0.3) is 0 Å². The highest BCUT2D eigenvalue weighted by Gasteiger charge is 2.11. The van der Waals surface area contributed by atoms with Crippen LogP contribution in [0.25, 0.3) is 0 Å². The SMILES string of the molecule is CN=C(NCCCC(C)C)NCc1ccc(OC)c(OC(F)F)c1.I. The summed E-state index contributed by atoms with van der Waals surface area (Å²) in [7, 11) is 3.10. The van der Waals surface area contributed by atoms with E-state index < -0.39 is 6.61 Å². The van der Waals surface area contributed by atoms with E-state index in [1.165, 1.54) is 13.2 Å². The monoisotopic (exact) mass is 471 g/mol. The van der Waals surface area contributed by atoms with E-state index in [1.807, 2.05) is 0 Å². The Labute approximate surface area is 165 Å². The van der Waals surface area contributed by atoms with E-state index in [-0.39, 0.29) is 35.5 Å². The van der Waals surface area contributed by atoms with Gasteiger partial charge in [0.2, 0.25) is 0 Å². The number of nitrogens with one attached hydrogen (secondary N) is 2. The molecule has 1 aromatic rings. The van der Waals surface area contributed by atoms with E-state index in [9.17, 15) is 8.78 Å². The third-order valence-corrected chi connectivity index (χ3v) is 3.38. The van der Waals surface area contributed by atoms with Crippen molar-refractivity contribution in [3.8, 4) is 11.5 Å². The average Bonchev–Trinajstić information content (AvgIpc) is 2.53. The molecule has 0 fully saturated rings. The van der Waals surface area contributed by atoms with Gasteiger partial charge < -0.3 is 20.1 Å². The van der Waals surface area contributed by atoms with Crippen molar-refractivity contribution in [2.45, 2.75) is 39.8 Å². The van der Waals surface area contributed by atoms with Crippen LogP contribution in [-0.4, -0.2) is 33.3 Å². The first kappa shape index (κ1) is 23.7. The van der Waals surface area contributed by atoms with Gasteiger partial charge in [-0.2, -0.15) is 8.78 Å². The Balaban J connectivity index is 0.00000576. The maximum atomic E-state index is 12.4. The molecule has 5 nitrogen and oxygen atoms in total. The Hall–Kier alpha value is -1.32. The molecular weight excluding hydrogens is 443 g/mol. The molecule has 0 heterocycles. The Morgan fingerprint density at radius 1 is 1.20 bits per heavy atom. The third kappa shape index (κ3) is 9.66. The summed E-state index contributed by atoms with van der Waals surface area (Å²) in [5, 5.41) is 6.37. The molecule has 1 rings (SSSR count). The molecule has 0 amide bonds. The van der Waals surface area contributed by atoms with E-state index in [0.29, 0.717) is 18.4 Å². The molecule has 0 aliphatic heterocycles. The largest absolute Gasteiger partial charge is 0.493 e. The normalized spacial score (nSPS) is 11.3. The first-order valence-corrected chi connectivity index (χ1v) is 8.02. The molecule has 0 aliphatic carbocycles. The van der Waals surface area contributed by atoms with Gasteiger partial charge in [-0.1, -0.05) is 19.9 Å². The molecule has 0 unspecified atom stereocenters. The quantitative estimate of drug-likeness (QED) is 0.247. The van der Waals surface area contributed by atoms with Crippen molar-refractivity contribution in [1.29, 1.82) is 0 Å². The van der Waals surface area contributed by atoms with Crippen LogP contribution in [0.2, 0.25) is 0 Å². The number of ether oxygens (including phenoxy) is 2. The zero-order chi connectivity index (χ0) is 17.9. The molecule has 1 aromatic carbocycles. The number of aliphatic imine (C=N–C) groups is 1. The molecular formula is C17H28F2IN3O2. The van der Waals surface area contributed by atoms with Crippen LogP contribution >= 0.6 is 24.0 Å². The van der Waals surface area contributed by atoms with Gasteiger partial charge in [0.05, 0.1) is 7.11 Å². The Morgan fingerprint density at radius 3 is 2.48 bits per heavy atom. The smallest absolute Gasteiger partial charge is 0.387 e. The summed E-state index contributed by atoms with van der Waals surface area (Å²) in [5.41, 5.74) is 0.789. The maximum absolute atomic E-state index is 12.4. The molecule has 2 N–H and O–H groups in total. The number of nitrogens with zero attached hydrogens (tertiary/aromatic N) is 1. The maximum Gasteiger partial charge on any atom is 0.387 e. The lowest BCUT2D eigenvalue weighted by Gasteiger charge is -2.14. The Bertz CT molecular complexity index is 529. The number of alkyl halides is 2. The number of benzene rings is 1. The van der Waals surface area contributed by atoms with E-state index in [1.54, 1.807) is 19.2 Å². The van der Waals surface area contributed by atoms with Gasteiger partial charge in [0.15, 0.2) is 17.5 Å². The van der Waals surface area contributed by atoms with Gasteiger partial charge >= 0.3 is 6.61 Å². The van der Waals surface area contributed by atoms with E-state index in [2.05, 4.69) is 34.2 Å². The molecule has 0 aromatic heterocycles. The van der Waals surface area contributed by atoms with Gasteiger partial charge in [-0.3, -0.25) is 4.99 Å². The van der Waals surface area contributed by atoms with Crippen LogP contribution in [0.15, 0.2) is 23.2 Å². The third-order valence-electron chi connectivity index (χ3n) is 3.38. The summed E-state index contributed by atoms with van der Waals surface area (Å²) in [4.78, 5) is 4.14. The summed E-state index contributed by atoms with van der Waals surface area (Å²) >= 11 is 0. The lowest BCUT2D eigenvalue weighted by atomic mass is 10.1. The fourth-order valence-corrected chi connectivity index (χ4v) is 2.14. The first-order chi connectivity index (χ1) is 11.5. The molecule has 0 saturated heterocycles. The van der Waals surface area contributed by atoms with Crippen LogP contribution < -0.4 is 20.1 Å².